The third-order valence-electron chi connectivity index (χ3n) is 4.81. The lowest BCUT2D eigenvalue weighted by molar-refractivity contribution is -0.146. The molecule has 0 aromatic heterocycles. The zero-order valence-electron chi connectivity index (χ0n) is 11.9. The molecule has 0 aromatic carbocycles. The van der Waals surface area contributed by atoms with Crippen LogP contribution in [0.15, 0.2) is 0 Å². The first kappa shape index (κ1) is 13.4. The molecular weight excluding hydrogens is 240 g/mol. The van der Waals surface area contributed by atoms with Crippen molar-refractivity contribution in [1.29, 1.82) is 0 Å². The second-order valence-corrected chi connectivity index (χ2v) is 6.36. The monoisotopic (exact) mass is 266 g/mol. The first-order valence-electron chi connectivity index (χ1n) is 7.93. The number of fused-ring (bicyclic) bond motifs is 2. The number of rotatable bonds is 7. The van der Waals surface area contributed by atoms with E-state index in [0.717, 1.165) is 24.9 Å². The normalized spacial score (nSPS) is 31.6. The van der Waals surface area contributed by atoms with Gasteiger partial charge in [-0.15, -0.1) is 0 Å². The van der Waals surface area contributed by atoms with Gasteiger partial charge in [-0.2, -0.15) is 0 Å². The predicted octanol–water partition coefficient (Wildman–Crippen LogP) is 1.54. The largest absolute Gasteiger partial charge is 0.465 e. The third kappa shape index (κ3) is 3.29. The molecule has 0 aromatic rings. The molecule has 3 fully saturated rings. The summed E-state index contributed by atoms with van der Waals surface area (Å²) in [7, 11) is 0. The molecule has 4 heteroatoms. The summed E-state index contributed by atoms with van der Waals surface area (Å²) in [6.07, 6.45) is 7.50. The zero-order chi connectivity index (χ0) is 13.2. The van der Waals surface area contributed by atoms with E-state index in [4.69, 9.17) is 4.74 Å². The molecule has 3 rings (SSSR count). The fourth-order valence-corrected chi connectivity index (χ4v) is 3.64. The van der Waals surface area contributed by atoms with Gasteiger partial charge in [-0.1, -0.05) is 0 Å². The number of hydrogen-bond acceptors (Lipinski definition) is 4. The Morgan fingerprint density at radius 2 is 2.21 bits per heavy atom. The number of carbonyl (C=O) groups excluding carboxylic acids is 1. The van der Waals surface area contributed by atoms with Crippen molar-refractivity contribution in [2.24, 2.45) is 5.92 Å². The van der Waals surface area contributed by atoms with E-state index in [1.165, 1.54) is 38.6 Å². The average Bonchev–Trinajstić information content (AvgIpc) is 2.97. The molecule has 1 heterocycles. The molecule has 3 atom stereocenters. The second kappa shape index (κ2) is 5.80. The van der Waals surface area contributed by atoms with Gasteiger partial charge < -0.3 is 15.0 Å². The number of nitrogens with one attached hydrogen (secondary N) is 1. The average molecular weight is 266 g/mol. The van der Waals surface area contributed by atoms with Gasteiger partial charge in [0.25, 0.3) is 0 Å². The van der Waals surface area contributed by atoms with E-state index < -0.39 is 0 Å². The van der Waals surface area contributed by atoms with Crippen LogP contribution in [-0.2, 0) is 9.53 Å². The Balaban J connectivity index is 1.47. The minimum atomic E-state index is -0.0911. The first-order chi connectivity index (χ1) is 9.26. The van der Waals surface area contributed by atoms with Crippen molar-refractivity contribution in [3.05, 3.63) is 0 Å². The highest BCUT2D eigenvalue weighted by molar-refractivity contribution is 5.75. The number of hydrogen-bond donors (Lipinski definition) is 1. The SMILES string of the molecule is CCOC(=O)C(CCN1CC2CCC1C2)NC1CC1. The van der Waals surface area contributed by atoms with Crippen LogP contribution in [-0.4, -0.2) is 48.7 Å². The van der Waals surface area contributed by atoms with Crippen molar-refractivity contribution in [1.82, 2.24) is 10.2 Å². The van der Waals surface area contributed by atoms with Gasteiger partial charge in [0.15, 0.2) is 0 Å². The predicted molar refractivity (Wildman–Crippen MR) is 73.9 cm³/mol. The summed E-state index contributed by atoms with van der Waals surface area (Å²) in [5.74, 6) is 0.876. The van der Waals surface area contributed by atoms with Crippen molar-refractivity contribution in [3.63, 3.8) is 0 Å². The van der Waals surface area contributed by atoms with Crippen LogP contribution >= 0.6 is 0 Å². The minimum Gasteiger partial charge on any atom is -0.465 e. The molecular formula is C15H26N2O2. The van der Waals surface area contributed by atoms with Crippen LogP contribution in [0.25, 0.3) is 0 Å². The summed E-state index contributed by atoms with van der Waals surface area (Å²) in [4.78, 5) is 14.6. The summed E-state index contributed by atoms with van der Waals surface area (Å²) in [5.41, 5.74) is 0. The van der Waals surface area contributed by atoms with E-state index in [1.54, 1.807) is 0 Å². The van der Waals surface area contributed by atoms with Gasteiger partial charge in [-0.25, -0.2) is 0 Å². The highest BCUT2D eigenvalue weighted by Gasteiger charge is 2.38. The molecule has 19 heavy (non-hydrogen) atoms. The van der Waals surface area contributed by atoms with E-state index in [-0.39, 0.29) is 12.0 Å². The molecule has 0 radical (unpaired) electrons. The van der Waals surface area contributed by atoms with Crippen LogP contribution < -0.4 is 5.32 Å². The Labute approximate surface area is 115 Å². The van der Waals surface area contributed by atoms with Crippen LogP contribution in [0.4, 0.5) is 0 Å². The third-order valence-corrected chi connectivity index (χ3v) is 4.81. The van der Waals surface area contributed by atoms with Gasteiger partial charge in [0.1, 0.15) is 6.04 Å². The Kier molecular flexibility index (Phi) is 4.08. The highest BCUT2D eigenvalue weighted by Crippen LogP contribution is 2.37. The molecule has 0 spiro atoms. The highest BCUT2D eigenvalue weighted by atomic mass is 16.5. The first-order valence-corrected chi connectivity index (χ1v) is 7.93. The van der Waals surface area contributed by atoms with Gasteiger partial charge in [0, 0.05) is 25.2 Å². The standard InChI is InChI=1S/C15H26N2O2/c1-2-19-15(18)14(16-12-4-5-12)7-8-17-10-11-3-6-13(17)9-11/h11-14,16H,2-10H2,1H3. The molecule has 2 aliphatic carbocycles. The van der Waals surface area contributed by atoms with Crippen molar-refractivity contribution < 1.29 is 9.53 Å². The number of piperidine rings is 1. The fraction of sp³-hybridized carbons (Fsp3) is 0.933. The lowest BCUT2D eigenvalue weighted by Crippen LogP contribution is -2.43. The lowest BCUT2D eigenvalue weighted by atomic mass is 10.1. The van der Waals surface area contributed by atoms with Crippen molar-refractivity contribution >= 4 is 5.97 Å². The van der Waals surface area contributed by atoms with E-state index in [1.807, 2.05) is 6.92 Å². The van der Waals surface area contributed by atoms with E-state index >= 15 is 0 Å². The van der Waals surface area contributed by atoms with E-state index in [0.29, 0.717) is 12.6 Å². The summed E-state index contributed by atoms with van der Waals surface area (Å²) < 4.78 is 5.19. The fourth-order valence-electron chi connectivity index (χ4n) is 3.64. The smallest absolute Gasteiger partial charge is 0.323 e. The molecule has 2 bridgehead atoms. The van der Waals surface area contributed by atoms with Gasteiger partial charge in [-0.3, -0.25) is 4.79 Å². The van der Waals surface area contributed by atoms with E-state index in [2.05, 4.69) is 10.2 Å². The molecule has 1 N–H and O–H groups in total. The van der Waals surface area contributed by atoms with Gasteiger partial charge >= 0.3 is 5.97 Å². The number of esters is 1. The van der Waals surface area contributed by atoms with Gasteiger partial charge in [0.2, 0.25) is 0 Å². The van der Waals surface area contributed by atoms with Gasteiger partial charge in [-0.05, 0) is 51.4 Å². The second-order valence-electron chi connectivity index (χ2n) is 6.36. The van der Waals surface area contributed by atoms with Crippen LogP contribution in [0, 0.1) is 5.92 Å². The van der Waals surface area contributed by atoms with Crippen LogP contribution in [0.3, 0.4) is 0 Å². The minimum absolute atomic E-state index is 0.0567. The molecule has 0 amide bonds. The summed E-state index contributed by atoms with van der Waals surface area (Å²) in [5, 5.41) is 3.44. The number of nitrogens with zero attached hydrogens (tertiary/aromatic N) is 1. The van der Waals surface area contributed by atoms with Crippen molar-refractivity contribution in [3.8, 4) is 0 Å². The maximum Gasteiger partial charge on any atom is 0.323 e. The van der Waals surface area contributed by atoms with E-state index in [9.17, 15) is 4.79 Å². The van der Waals surface area contributed by atoms with Crippen molar-refractivity contribution in [2.45, 2.75) is 63.6 Å². The molecule has 3 aliphatic rings. The number of carbonyl (C=O) groups is 1. The quantitative estimate of drug-likeness (QED) is 0.710. The molecule has 1 saturated heterocycles. The summed E-state index contributed by atoms with van der Waals surface area (Å²) >= 11 is 0. The topological polar surface area (TPSA) is 41.6 Å². The Morgan fingerprint density at radius 1 is 1.37 bits per heavy atom. The van der Waals surface area contributed by atoms with Crippen LogP contribution in [0.2, 0.25) is 0 Å². The molecule has 108 valence electrons. The number of ether oxygens (including phenoxy) is 1. The molecule has 4 nitrogen and oxygen atoms in total. The summed E-state index contributed by atoms with van der Waals surface area (Å²) in [6, 6.07) is 1.27. The van der Waals surface area contributed by atoms with Gasteiger partial charge in [0.05, 0.1) is 6.61 Å². The number of likely N-dealkylation sites (tertiary alicyclic amines) is 1. The zero-order valence-corrected chi connectivity index (χ0v) is 11.9. The molecule has 3 unspecified atom stereocenters. The molecule has 1 aliphatic heterocycles. The lowest BCUT2D eigenvalue weighted by Gasteiger charge is -2.28. The summed E-state index contributed by atoms with van der Waals surface area (Å²) in [6.45, 7) is 4.66. The van der Waals surface area contributed by atoms with Crippen LogP contribution in [0.5, 0.6) is 0 Å². The Bertz CT molecular complexity index is 330. The van der Waals surface area contributed by atoms with Crippen molar-refractivity contribution in [2.75, 3.05) is 19.7 Å². The Morgan fingerprint density at radius 3 is 2.79 bits per heavy atom. The maximum absolute atomic E-state index is 12.0. The maximum atomic E-state index is 12.0. The van der Waals surface area contributed by atoms with Crippen LogP contribution in [0.1, 0.15) is 45.4 Å². The molecule has 2 saturated carbocycles. The Hall–Kier alpha value is -0.610.